The number of nitrogens with one attached hydrogen (secondary N) is 1. The van der Waals surface area contributed by atoms with Crippen molar-refractivity contribution in [2.45, 2.75) is 283 Å². The summed E-state index contributed by atoms with van der Waals surface area (Å²) in [6.45, 7) is 4.21. The van der Waals surface area contributed by atoms with Crippen LogP contribution in [0.1, 0.15) is 271 Å². The summed E-state index contributed by atoms with van der Waals surface area (Å²) < 4.78 is 0. The maximum atomic E-state index is 12.5. The van der Waals surface area contributed by atoms with E-state index in [4.69, 9.17) is 0 Å². The lowest BCUT2D eigenvalue weighted by Crippen LogP contribution is -2.45. The molecule has 0 aliphatic carbocycles. The first-order valence-corrected chi connectivity index (χ1v) is 28.5. The molecule has 4 nitrogen and oxygen atoms in total. The van der Waals surface area contributed by atoms with Crippen LogP contribution in [-0.4, -0.2) is 34.9 Å². The van der Waals surface area contributed by atoms with Crippen molar-refractivity contribution in [3.05, 3.63) is 97.2 Å². The van der Waals surface area contributed by atoms with Crippen molar-refractivity contribution in [2.75, 3.05) is 6.61 Å². The summed E-state index contributed by atoms with van der Waals surface area (Å²) >= 11 is 0. The van der Waals surface area contributed by atoms with Crippen LogP contribution in [0.15, 0.2) is 97.2 Å². The number of aliphatic hydroxyl groups excluding tert-OH is 2. The summed E-state index contributed by atoms with van der Waals surface area (Å²) in [5, 5.41) is 23.2. The molecule has 0 fully saturated rings. The highest BCUT2D eigenvalue weighted by Gasteiger charge is 2.18. The molecule has 1 amide bonds. The summed E-state index contributed by atoms with van der Waals surface area (Å²) in [5.41, 5.74) is 0. The van der Waals surface area contributed by atoms with E-state index < -0.39 is 12.1 Å². The van der Waals surface area contributed by atoms with Gasteiger partial charge in [0.25, 0.3) is 0 Å². The second-order valence-corrected chi connectivity index (χ2v) is 19.0. The van der Waals surface area contributed by atoms with Crippen LogP contribution >= 0.6 is 0 Å². The Labute approximate surface area is 411 Å². The summed E-state index contributed by atoms with van der Waals surface area (Å²) in [6.07, 6.45) is 84.2. The predicted molar refractivity (Wildman–Crippen MR) is 294 cm³/mol. The van der Waals surface area contributed by atoms with Crippen LogP contribution in [-0.2, 0) is 4.79 Å². The third kappa shape index (κ3) is 52.3. The van der Waals surface area contributed by atoms with Gasteiger partial charge in [-0.15, -0.1) is 0 Å². The highest BCUT2D eigenvalue weighted by atomic mass is 16.3. The van der Waals surface area contributed by atoms with Gasteiger partial charge in [0.2, 0.25) is 5.91 Å². The maximum absolute atomic E-state index is 12.5. The van der Waals surface area contributed by atoms with Gasteiger partial charge in [-0.2, -0.15) is 0 Å². The van der Waals surface area contributed by atoms with E-state index in [2.05, 4.69) is 104 Å². The van der Waals surface area contributed by atoms with Crippen LogP contribution in [0.25, 0.3) is 0 Å². The molecule has 0 bridgehead atoms. The van der Waals surface area contributed by atoms with Gasteiger partial charge < -0.3 is 15.5 Å². The topological polar surface area (TPSA) is 69.6 Å². The molecule has 0 aliphatic rings. The lowest BCUT2D eigenvalue weighted by Gasteiger charge is -2.20. The number of amides is 1. The molecule has 66 heavy (non-hydrogen) atoms. The van der Waals surface area contributed by atoms with Crippen LogP contribution in [0.5, 0.6) is 0 Å². The molecule has 0 rings (SSSR count). The zero-order chi connectivity index (χ0) is 47.7. The molecule has 0 aromatic carbocycles. The molecule has 0 radical (unpaired) electrons. The van der Waals surface area contributed by atoms with Crippen molar-refractivity contribution >= 4 is 5.91 Å². The zero-order valence-corrected chi connectivity index (χ0v) is 43.7. The highest BCUT2D eigenvalue weighted by molar-refractivity contribution is 5.76. The smallest absolute Gasteiger partial charge is 0.220 e. The van der Waals surface area contributed by atoms with E-state index in [9.17, 15) is 15.0 Å². The predicted octanol–water partition coefficient (Wildman–Crippen LogP) is 18.9. The Kier molecular flexibility index (Phi) is 54.3. The fraction of sp³-hybridized carbons (Fsp3) is 0.726. The molecule has 2 unspecified atom stereocenters. The summed E-state index contributed by atoms with van der Waals surface area (Å²) in [7, 11) is 0. The zero-order valence-electron chi connectivity index (χ0n) is 43.7. The molecule has 2 atom stereocenters. The fourth-order valence-corrected chi connectivity index (χ4v) is 8.28. The van der Waals surface area contributed by atoms with Crippen LogP contribution in [0.2, 0.25) is 0 Å². The van der Waals surface area contributed by atoms with Crippen LogP contribution in [0, 0.1) is 0 Å². The van der Waals surface area contributed by atoms with E-state index in [1.807, 2.05) is 6.08 Å². The summed E-state index contributed by atoms with van der Waals surface area (Å²) in [6, 6.07) is -0.628. The first kappa shape index (κ1) is 63.3. The van der Waals surface area contributed by atoms with E-state index >= 15 is 0 Å². The van der Waals surface area contributed by atoms with Gasteiger partial charge in [-0.3, -0.25) is 4.79 Å². The average Bonchev–Trinajstić information content (AvgIpc) is 3.32. The van der Waals surface area contributed by atoms with Crippen molar-refractivity contribution in [3.8, 4) is 0 Å². The van der Waals surface area contributed by atoms with E-state index in [1.165, 1.54) is 180 Å². The number of rotatable bonds is 51. The number of carbonyl (C=O) groups is 1. The molecule has 0 aromatic heterocycles. The molecule has 4 heteroatoms. The Morgan fingerprint density at radius 2 is 0.667 bits per heavy atom. The molecule has 0 aliphatic heterocycles. The summed E-state index contributed by atoms with van der Waals surface area (Å²) in [4.78, 5) is 12.5. The molecule has 3 N–H and O–H groups in total. The van der Waals surface area contributed by atoms with Gasteiger partial charge in [0, 0.05) is 6.42 Å². The van der Waals surface area contributed by atoms with Crippen molar-refractivity contribution < 1.29 is 15.0 Å². The number of allylic oxidation sites excluding steroid dienone is 15. The summed E-state index contributed by atoms with van der Waals surface area (Å²) in [5.74, 6) is -0.0667. The molecule has 0 aromatic rings. The van der Waals surface area contributed by atoms with Crippen LogP contribution < -0.4 is 5.32 Å². The van der Waals surface area contributed by atoms with Gasteiger partial charge in [0.05, 0.1) is 18.8 Å². The largest absolute Gasteiger partial charge is 0.394 e. The van der Waals surface area contributed by atoms with Gasteiger partial charge in [-0.25, -0.2) is 0 Å². The van der Waals surface area contributed by atoms with E-state index in [0.29, 0.717) is 6.42 Å². The molecule has 0 spiro atoms. The standard InChI is InChI=1S/C62H109NO3/c1-3-5-7-9-11-13-15-17-19-21-23-24-25-26-27-28-29-30-31-32-33-34-35-36-37-38-40-42-44-46-48-50-52-54-56-58-62(66)63-60(59-64)61(65)57-55-53-51-49-47-45-43-41-39-22-20-18-16-14-12-10-8-6-4-2/h5,7,11,13,17,19,23-24,26-27,29-30,32-33,55,57,60-61,64-65H,3-4,6,8-10,12,14-16,18,20-22,25,28,31,34-54,56,58-59H2,1-2H3,(H,63,66)/b7-5-,13-11-,19-17-,24-23-,27-26-,30-29-,33-32-,57-55+. The Balaban J connectivity index is 3.54. The first-order chi connectivity index (χ1) is 32.7. The Morgan fingerprint density at radius 3 is 1.00 bits per heavy atom. The minimum atomic E-state index is -0.845. The van der Waals surface area contributed by atoms with Gasteiger partial charge >= 0.3 is 0 Å². The SMILES string of the molecule is CC/C=C\C/C=C\C/C=C\C/C=C\C/C=C\C/C=C\C/C=C\CCCCCCCCCCCCCCCC(=O)NC(CO)C(O)/C=C/CCCCCCCCCCCCCCCCCCC. The third-order valence-electron chi connectivity index (χ3n) is 12.6. The monoisotopic (exact) mass is 916 g/mol. The average molecular weight is 917 g/mol. The Morgan fingerprint density at radius 1 is 0.379 bits per heavy atom. The highest BCUT2D eigenvalue weighted by Crippen LogP contribution is 2.16. The molecular formula is C62H109NO3. The minimum absolute atomic E-state index is 0.0667. The van der Waals surface area contributed by atoms with Gasteiger partial charge in [0.15, 0.2) is 0 Å². The first-order valence-electron chi connectivity index (χ1n) is 28.5. The van der Waals surface area contributed by atoms with Gasteiger partial charge in [-0.05, 0) is 77.0 Å². The number of hydrogen-bond donors (Lipinski definition) is 3. The second-order valence-electron chi connectivity index (χ2n) is 19.0. The Bertz CT molecular complexity index is 1220. The minimum Gasteiger partial charge on any atom is -0.394 e. The molecule has 380 valence electrons. The lowest BCUT2D eigenvalue weighted by atomic mass is 10.0. The molecule has 0 saturated heterocycles. The van der Waals surface area contributed by atoms with E-state index in [1.54, 1.807) is 6.08 Å². The number of carbonyl (C=O) groups excluding carboxylic acids is 1. The van der Waals surface area contributed by atoms with Crippen LogP contribution in [0.3, 0.4) is 0 Å². The maximum Gasteiger partial charge on any atom is 0.220 e. The van der Waals surface area contributed by atoms with E-state index in [0.717, 1.165) is 70.6 Å². The van der Waals surface area contributed by atoms with E-state index in [-0.39, 0.29) is 12.5 Å². The number of aliphatic hydroxyl groups is 2. The molecular weight excluding hydrogens is 807 g/mol. The van der Waals surface area contributed by atoms with Crippen molar-refractivity contribution in [3.63, 3.8) is 0 Å². The fourth-order valence-electron chi connectivity index (χ4n) is 8.28. The second kappa shape index (κ2) is 56.6. The quantitative estimate of drug-likeness (QED) is 0.0421. The van der Waals surface area contributed by atoms with Crippen molar-refractivity contribution in [2.24, 2.45) is 0 Å². The van der Waals surface area contributed by atoms with Crippen molar-refractivity contribution in [1.29, 1.82) is 0 Å². The lowest BCUT2D eigenvalue weighted by molar-refractivity contribution is -0.123. The van der Waals surface area contributed by atoms with Crippen molar-refractivity contribution in [1.82, 2.24) is 5.32 Å². The Hall–Kier alpha value is -2.69. The molecule has 0 saturated carbocycles. The van der Waals surface area contributed by atoms with Gasteiger partial charge in [0.1, 0.15) is 0 Å². The molecule has 0 heterocycles. The van der Waals surface area contributed by atoms with Gasteiger partial charge in [-0.1, -0.05) is 284 Å². The number of unbranched alkanes of at least 4 members (excludes halogenated alkanes) is 30. The number of hydrogen-bond acceptors (Lipinski definition) is 3. The third-order valence-corrected chi connectivity index (χ3v) is 12.6. The normalized spacial score (nSPS) is 13.6. The van der Waals surface area contributed by atoms with Crippen LogP contribution in [0.4, 0.5) is 0 Å².